The highest BCUT2D eigenvalue weighted by Gasteiger charge is 2.22. The Balaban J connectivity index is 2.33. The first-order valence-corrected chi connectivity index (χ1v) is 6.18. The van der Waals surface area contributed by atoms with Gasteiger partial charge in [0.15, 0.2) is 0 Å². The second-order valence-electron chi connectivity index (χ2n) is 4.65. The molecule has 4 heteroatoms. The highest BCUT2D eigenvalue weighted by atomic mass is 35.5. The van der Waals surface area contributed by atoms with Gasteiger partial charge in [-0.15, -0.1) is 0 Å². The Kier molecular flexibility index (Phi) is 3.56. The van der Waals surface area contributed by atoms with Gasteiger partial charge in [0.2, 0.25) is 0 Å². The third-order valence-electron chi connectivity index (χ3n) is 2.98. The summed E-state index contributed by atoms with van der Waals surface area (Å²) in [7, 11) is 0. The van der Waals surface area contributed by atoms with E-state index in [1.807, 2.05) is 6.07 Å². The van der Waals surface area contributed by atoms with E-state index in [2.05, 4.69) is 30.1 Å². The average Bonchev–Trinajstić information content (AvgIpc) is 2.27. The number of rotatable bonds is 1. The fourth-order valence-electron chi connectivity index (χ4n) is 2.38. The molecule has 1 fully saturated rings. The molecule has 1 aliphatic heterocycles. The molecule has 1 aromatic rings. The van der Waals surface area contributed by atoms with E-state index in [9.17, 15) is 0 Å². The molecule has 0 spiro atoms. The molecule has 0 radical (unpaired) electrons. The molecule has 0 bridgehead atoms. The van der Waals surface area contributed by atoms with Crippen LogP contribution >= 0.6 is 11.6 Å². The van der Waals surface area contributed by atoms with Crippen LogP contribution in [0.5, 0.6) is 0 Å². The van der Waals surface area contributed by atoms with Crippen molar-refractivity contribution in [2.24, 2.45) is 0 Å². The number of nitriles is 1. The van der Waals surface area contributed by atoms with Gasteiger partial charge in [-0.3, -0.25) is 0 Å². The fourth-order valence-corrected chi connectivity index (χ4v) is 2.55. The maximum atomic E-state index is 9.14. The van der Waals surface area contributed by atoms with Crippen LogP contribution in [-0.4, -0.2) is 25.2 Å². The minimum Gasteiger partial charge on any atom is -0.367 e. The number of nitrogens with one attached hydrogen (secondary N) is 1. The summed E-state index contributed by atoms with van der Waals surface area (Å²) in [6.07, 6.45) is 0. The lowest BCUT2D eigenvalue weighted by atomic mass is 10.1. The van der Waals surface area contributed by atoms with Crippen LogP contribution in [0.1, 0.15) is 19.4 Å². The normalized spacial score (nSPS) is 24.5. The van der Waals surface area contributed by atoms with E-state index < -0.39 is 0 Å². The molecule has 17 heavy (non-hydrogen) atoms. The molecule has 1 heterocycles. The quantitative estimate of drug-likeness (QED) is 0.831. The Morgan fingerprint density at radius 1 is 1.35 bits per heavy atom. The zero-order valence-electron chi connectivity index (χ0n) is 10.1. The largest absolute Gasteiger partial charge is 0.367 e. The highest BCUT2D eigenvalue weighted by molar-refractivity contribution is 6.30. The van der Waals surface area contributed by atoms with Gasteiger partial charge in [-0.1, -0.05) is 11.6 Å². The molecule has 0 amide bonds. The number of benzene rings is 1. The van der Waals surface area contributed by atoms with E-state index in [0.717, 1.165) is 18.8 Å². The molecule has 2 atom stereocenters. The molecule has 1 aromatic carbocycles. The summed E-state index contributed by atoms with van der Waals surface area (Å²) in [5, 5.41) is 13.3. The van der Waals surface area contributed by atoms with Crippen molar-refractivity contribution in [1.82, 2.24) is 5.32 Å². The van der Waals surface area contributed by atoms with Crippen molar-refractivity contribution in [3.63, 3.8) is 0 Å². The number of halogens is 1. The second kappa shape index (κ2) is 4.95. The van der Waals surface area contributed by atoms with E-state index in [1.54, 1.807) is 12.1 Å². The third kappa shape index (κ3) is 2.71. The molecular weight excluding hydrogens is 234 g/mol. The number of anilines is 1. The van der Waals surface area contributed by atoms with Gasteiger partial charge in [0.05, 0.1) is 11.3 Å². The molecule has 2 unspecified atom stereocenters. The van der Waals surface area contributed by atoms with Crippen molar-refractivity contribution in [3.8, 4) is 6.07 Å². The molecular formula is C13H16ClN3. The summed E-state index contributed by atoms with van der Waals surface area (Å²) >= 11 is 6.01. The van der Waals surface area contributed by atoms with Crippen molar-refractivity contribution in [1.29, 1.82) is 5.26 Å². The number of hydrogen-bond acceptors (Lipinski definition) is 3. The first-order chi connectivity index (χ1) is 8.10. The van der Waals surface area contributed by atoms with Crippen molar-refractivity contribution in [3.05, 3.63) is 28.8 Å². The Hall–Kier alpha value is -1.24. The molecule has 90 valence electrons. The van der Waals surface area contributed by atoms with Crippen molar-refractivity contribution < 1.29 is 0 Å². The highest BCUT2D eigenvalue weighted by Crippen LogP contribution is 2.26. The van der Waals surface area contributed by atoms with Gasteiger partial charge < -0.3 is 10.2 Å². The Morgan fingerprint density at radius 2 is 2.00 bits per heavy atom. The van der Waals surface area contributed by atoms with Gasteiger partial charge >= 0.3 is 0 Å². The SMILES string of the molecule is CC1CN(c2cc(Cl)ccc2C#N)CC(C)N1. The average molecular weight is 250 g/mol. The van der Waals surface area contributed by atoms with Crippen LogP contribution in [0.4, 0.5) is 5.69 Å². The van der Waals surface area contributed by atoms with Crippen LogP contribution in [-0.2, 0) is 0 Å². The topological polar surface area (TPSA) is 39.1 Å². The molecule has 3 nitrogen and oxygen atoms in total. The van der Waals surface area contributed by atoms with Gasteiger partial charge in [0, 0.05) is 30.2 Å². The van der Waals surface area contributed by atoms with Gasteiger partial charge in [-0.25, -0.2) is 0 Å². The third-order valence-corrected chi connectivity index (χ3v) is 3.21. The van der Waals surface area contributed by atoms with Crippen molar-refractivity contribution in [2.45, 2.75) is 25.9 Å². The molecule has 0 aliphatic carbocycles. The zero-order chi connectivity index (χ0) is 12.4. The summed E-state index contributed by atoms with van der Waals surface area (Å²) in [6.45, 7) is 6.11. The maximum Gasteiger partial charge on any atom is 0.101 e. The van der Waals surface area contributed by atoms with E-state index >= 15 is 0 Å². The maximum absolute atomic E-state index is 9.14. The number of piperazine rings is 1. The molecule has 2 rings (SSSR count). The Morgan fingerprint density at radius 3 is 2.59 bits per heavy atom. The van der Waals surface area contributed by atoms with Crippen molar-refractivity contribution >= 4 is 17.3 Å². The molecule has 1 N–H and O–H groups in total. The summed E-state index contributed by atoms with van der Waals surface area (Å²) in [6, 6.07) is 8.50. The van der Waals surface area contributed by atoms with Gasteiger partial charge in [0.25, 0.3) is 0 Å². The molecule has 1 saturated heterocycles. The van der Waals surface area contributed by atoms with Crippen LogP contribution in [0.3, 0.4) is 0 Å². The lowest BCUT2D eigenvalue weighted by molar-refractivity contribution is 0.407. The first-order valence-electron chi connectivity index (χ1n) is 5.81. The summed E-state index contributed by atoms with van der Waals surface area (Å²) < 4.78 is 0. The first kappa shape index (κ1) is 12.2. The van der Waals surface area contributed by atoms with Crippen LogP contribution in [0.25, 0.3) is 0 Å². The van der Waals surface area contributed by atoms with E-state index in [1.165, 1.54) is 0 Å². The minimum atomic E-state index is 0.421. The van der Waals surface area contributed by atoms with E-state index in [-0.39, 0.29) is 0 Å². The minimum absolute atomic E-state index is 0.421. The Labute approximate surface area is 107 Å². The van der Waals surface area contributed by atoms with Crippen LogP contribution in [0, 0.1) is 11.3 Å². The van der Waals surface area contributed by atoms with Gasteiger partial charge in [-0.05, 0) is 32.0 Å². The predicted molar refractivity (Wildman–Crippen MR) is 70.4 cm³/mol. The van der Waals surface area contributed by atoms with E-state index in [0.29, 0.717) is 22.7 Å². The summed E-state index contributed by atoms with van der Waals surface area (Å²) in [4.78, 5) is 2.23. The predicted octanol–water partition coefficient (Wildman–Crippen LogP) is 2.40. The lowest BCUT2D eigenvalue weighted by Gasteiger charge is -2.38. The van der Waals surface area contributed by atoms with Crippen LogP contribution in [0.2, 0.25) is 5.02 Å². The molecule has 0 saturated carbocycles. The standard InChI is InChI=1S/C13H16ClN3/c1-9-7-17(8-10(2)16-9)13-5-12(14)4-3-11(13)6-15/h3-5,9-10,16H,7-8H2,1-2H3. The van der Waals surface area contributed by atoms with Gasteiger partial charge in [0.1, 0.15) is 6.07 Å². The molecule has 0 aromatic heterocycles. The van der Waals surface area contributed by atoms with Crippen LogP contribution in [0.15, 0.2) is 18.2 Å². The fraction of sp³-hybridized carbons (Fsp3) is 0.462. The number of nitrogens with zero attached hydrogens (tertiary/aromatic N) is 2. The molecule has 1 aliphatic rings. The number of hydrogen-bond donors (Lipinski definition) is 1. The van der Waals surface area contributed by atoms with Gasteiger partial charge in [-0.2, -0.15) is 5.26 Å². The van der Waals surface area contributed by atoms with E-state index in [4.69, 9.17) is 16.9 Å². The smallest absolute Gasteiger partial charge is 0.101 e. The summed E-state index contributed by atoms with van der Waals surface area (Å²) in [5.74, 6) is 0. The monoisotopic (exact) mass is 249 g/mol. The zero-order valence-corrected chi connectivity index (χ0v) is 10.8. The second-order valence-corrected chi connectivity index (χ2v) is 5.08. The Bertz CT molecular complexity index is 442. The lowest BCUT2D eigenvalue weighted by Crippen LogP contribution is -2.54. The van der Waals surface area contributed by atoms with Crippen LogP contribution < -0.4 is 10.2 Å². The summed E-state index contributed by atoms with van der Waals surface area (Å²) in [5.41, 5.74) is 1.64. The van der Waals surface area contributed by atoms with Crippen molar-refractivity contribution in [2.75, 3.05) is 18.0 Å².